The van der Waals surface area contributed by atoms with Crippen molar-refractivity contribution in [1.82, 2.24) is 15.3 Å². The van der Waals surface area contributed by atoms with Crippen LogP contribution in [0.4, 0.5) is 11.6 Å². The van der Waals surface area contributed by atoms with Gasteiger partial charge >= 0.3 is 0 Å². The number of nitrogens with zero attached hydrogens (tertiary/aromatic N) is 4. The molecule has 0 saturated carbocycles. The van der Waals surface area contributed by atoms with Gasteiger partial charge in [0.05, 0.1) is 18.1 Å². The maximum atomic E-state index is 12.2. The topological polar surface area (TPSA) is 61.4 Å². The van der Waals surface area contributed by atoms with Crippen molar-refractivity contribution in [1.29, 1.82) is 0 Å². The Labute approximate surface area is 144 Å². The summed E-state index contributed by atoms with van der Waals surface area (Å²) in [5.41, 5.74) is 1.07. The third-order valence-electron chi connectivity index (χ3n) is 5.25. The zero-order valence-corrected chi connectivity index (χ0v) is 14.9. The second kappa shape index (κ2) is 7.81. The van der Waals surface area contributed by atoms with Crippen LogP contribution in [0.1, 0.15) is 46.0 Å². The van der Waals surface area contributed by atoms with Gasteiger partial charge in [-0.15, -0.1) is 0 Å². The van der Waals surface area contributed by atoms with Crippen molar-refractivity contribution in [2.24, 2.45) is 5.92 Å². The third-order valence-corrected chi connectivity index (χ3v) is 5.25. The van der Waals surface area contributed by atoms with E-state index in [-0.39, 0.29) is 17.9 Å². The largest absolute Gasteiger partial charge is 0.369 e. The molecule has 0 radical (unpaired) electrons. The lowest BCUT2D eigenvalue weighted by Gasteiger charge is -2.33. The van der Waals surface area contributed by atoms with Gasteiger partial charge in [0.15, 0.2) is 0 Å². The van der Waals surface area contributed by atoms with Gasteiger partial charge in [-0.1, -0.05) is 6.92 Å². The number of anilines is 2. The Morgan fingerprint density at radius 3 is 2.38 bits per heavy atom. The van der Waals surface area contributed by atoms with Crippen molar-refractivity contribution in [3.05, 3.63) is 12.4 Å². The molecule has 24 heavy (non-hydrogen) atoms. The molecule has 1 atom stereocenters. The standard InChI is InChI=1S/C18H29N5O/c1-3-14(2)21-17(24)15-6-10-22(11-7-15)16-12-19-18(20-13-16)23-8-4-5-9-23/h12-15H,3-11H2,1-2H3,(H,21,24). The highest BCUT2D eigenvalue weighted by atomic mass is 16.1. The smallest absolute Gasteiger partial charge is 0.225 e. The Balaban J connectivity index is 1.52. The van der Waals surface area contributed by atoms with E-state index < -0.39 is 0 Å². The highest BCUT2D eigenvalue weighted by Gasteiger charge is 2.26. The Kier molecular flexibility index (Phi) is 5.53. The molecular weight excluding hydrogens is 302 g/mol. The molecule has 6 heteroatoms. The summed E-state index contributed by atoms with van der Waals surface area (Å²) in [4.78, 5) is 25.8. The first-order chi connectivity index (χ1) is 11.7. The van der Waals surface area contributed by atoms with Gasteiger partial charge in [-0.25, -0.2) is 9.97 Å². The van der Waals surface area contributed by atoms with Crippen LogP contribution in [0, 0.1) is 5.92 Å². The Bertz CT molecular complexity index is 533. The first-order valence-electron chi connectivity index (χ1n) is 9.29. The van der Waals surface area contributed by atoms with Gasteiger partial charge in [0.2, 0.25) is 11.9 Å². The number of piperidine rings is 1. The zero-order chi connectivity index (χ0) is 16.9. The van der Waals surface area contributed by atoms with Crippen LogP contribution in [-0.2, 0) is 4.79 Å². The van der Waals surface area contributed by atoms with Crippen molar-refractivity contribution >= 4 is 17.5 Å². The van der Waals surface area contributed by atoms with Crippen molar-refractivity contribution in [3.63, 3.8) is 0 Å². The Morgan fingerprint density at radius 1 is 1.17 bits per heavy atom. The average molecular weight is 331 g/mol. The number of carbonyl (C=O) groups is 1. The molecule has 1 aromatic heterocycles. The molecule has 3 heterocycles. The number of hydrogen-bond donors (Lipinski definition) is 1. The van der Waals surface area contributed by atoms with E-state index in [1.165, 1.54) is 12.8 Å². The second-order valence-corrected chi connectivity index (χ2v) is 7.01. The molecule has 132 valence electrons. The number of rotatable bonds is 5. The SMILES string of the molecule is CCC(C)NC(=O)C1CCN(c2cnc(N3CCCC3)nc2)CC1. The minimum absolute atomic E-state index is 0.139. The lowest BCUT2D eigenvalue weighted by atomic mass is 9.95. The molecule has 0 bridgehead atoms. The first-order valence-corrected chi connectivity index (χ1v) is 9.29. The summed E-state index contributed by atoms with van der Waals surface area (Å²) in [6.07, 6.45) is 9.10. The van der Waals surface area contributed by atoms with Crippen LogP contribution in [0.2, 0.25) is 0 Å². The predicted octanol–water partition coefficient (Wildman–Crippen LogP) is 2.21. The lowest BCUT2D eigenvalue weighted by molar-refractivity contribution is -0.126. The molecule has 1 unspecified atom stereocenters. The summed E-state index contributed by atoms with van der Waals surface area (Å²) in [5.74, 6) is 1.20. The molecule has 2 aliphatic rings. The Morgan fingerprint density at radius 2 is 1.79 bits per heavy atom. The van der Waals surface area contributed by atoms with Crippen molar-refractivity contribution in [2.75, 3.05) is 36.0 Å². The predicted molar refractivity (Wildman–Crippen MR) is 96.3 cm³/mol. The molecule has 2 aliphatic heterocycles. The highest BCUT2D eigenvalue weighted by Crippen LogP contribution is 2.24. The number of nitrogens with one attached hydrogen (secondary N) is 1. The maximum Gasteiger partial charge on any atom is 0.225 e. The van der Waals surface area contributed by atoms with E-state index in [2.05, 4.69) is 38.9 Å². The van der Waals surface area contributed by atoms with Crippen molar-refractivity contribution in [2.45, 2.75) is 52.0 Å². The van der Waals surface area contributed by atoms with Crippen LogP contribution in [0.5, 0.6) is 0 Å². The second-order valence-electron chi connectivity index (χ2n) is 7.01. The van der Waals surface area contributed by atoms with Gasteiger partial charge in [-0.2, -0.15) is 0 Å². The highest BCUT2D eigenvalue weighted by molar-refractivity contribution is 5.79. The fourth-order valence-electron chi connectivity index (χ4n) is 3.42. The Hall–Kier alpha value is -1.85. The zero-order valence-electron chi connectivity index (χ0n) is 14.9. The van der Waals surface area contributed by atoms with Crippen molar-refractivity contribution in [3.8, 4) is 0 Å². The summed E-state index contributed by atoms with van der Waals surface area (Å²) < 4.78 is 0. The fraction of sp³-hybridized carbons (Fsp3) is 0.722. The number of hydrogen-bond acceptors (Lipinski definition) is 5. The molecule has 0 spiro atoms. The van der Waals surface area contributed by atoms with Crippen LogP contribution in [0.15, 0.2) is 12.4 Å². The fourth-order valence-corrected chi connectivity index (χ4v) is 3.42. The van der Waals surface area contributed by atoms with E-state index in [0.29, 0.717) is 0 Å². The van der Waals surface area contributed by atoms with Gasteiger partial charge in [0, 0.05) is 38.1 Å². The van der Waals surface area contributed by atoms with E-state index >= 15 is 0 Å². The molecule has 0 aliphatic carbocycles. The minimum Gasteiger partial charge on any atom is -0.369 e. The van der Waals surface area contributed by atoms with E-state index in [9.17, 15) is 4.79 Å². The van der Waals surface area contributed by atoms with Crippen LogP contribution >= 0.6 is 0 Å². The number of amides is 1. The molecule has 1 aromatic rings. The van der Waals surface area contributed by atoms with Gasteiger partial charge in [-0.3, -0.25) is 4.79 Å². The molecule has 2 saturated heterocycles. The first kappa shape index (κ1) is 17.0. The summed E-state index contributed by atoms with van der Waals surface area (Å²) in [5, 5.41) is 3.10. The quantitative estimate of drug-likeness (QED) is 0.896. The van der Waals surface area contributed by atoms with Crippen LogP contribution in [-0.4, -0.2) is 48.1 Å². The summed E-state index contributed by atoms with van der Waals surface area (Å²) in [6.45, 7) is 8.08. The summed E-state index contributed by atoms with van der Waals surface area (Å²) in [6, 6.07) is 0.266. The molecule has 6 nitrogen and oxygen atoms in total. The average Bonchev–Trinajstić information content (AvgIpc) is 3.16. The molecule has 0 aromatic carbocycles. The minimum atomic E-state index is 0.139. The van der Waals surface area contributed by atoms with Crippen LogP contribution < -0.4 is 15.1 Å². The third kappa shape index (κ3) is 3.97. The van der Waals surface area contributed by atoms with Crippen molar-refractivity contribution < 1.29 is 4.79 Å². The molecule has 1 N–H and O–H groups in total. The van der Waals surface area contributed by atoms with E-state index in [1.54, 1.807) is 0 Å². The normalized spacial score (nSPS) is 20.2. The van der Waals surface area contributed by atoms with E-state index in [1.807, 2.05) is 12.4 Å². The van der Waals surface area contributed by atoms with E-state index in [4.69, 9.17) is 0 Å². The van der Waals surface area contributed by atoms with Crippen LogP contribution in [0.3, 0.4) is 0 Å². The lowest BCUT2D eigenvalue weighted by Crippen LogP contribution is -2.43. The van der Waals surface area contributed by atoms with Gasteiger partial charge in [0.1, 0.15) is 0 Å². The van der Waals surface area contributed by atoms with Gasteiger partial charge in [0.25, 0.3) is 0 Å². The van der Waals surface area contributed by atoms with E-state index in [0.717, 1.165) is 57.1 Å². The van der Waals surface area contributed by atoms with Gasteiger partial charge in [-0.05, 0) is 39.0 Å². The molecule has 1 amide bonds. The van der Waals surface area contributed by atoms with Gasteiger partial charge < -0.3 is 15.1 Å². The molecular formula is C18H29N5O. The number of carbonyl (C=O) groups excluding carboxylic acids is 1. The monoisotopic (exact) mass is 331 g/mol. The molecule has 2 fully saturated rings. The number of aromatic nitrogens is 2. The molecule has 3 rings (SSSR count). The summed E-state index contributed by atoms with van der Waals surface area (Å²) >= 11 is 0. The summed E-state index contributed by atoms with van der Waals surface area (Å²) in [7, 11) is 0. The van der Waals surface area contributed by atoms with Crippen LogP contribution in [0.25, 0.3) is 0 Å². The maximum absolute atomic E-state index is 12.2.